The Labute approximate surface area is 198 Å². The number of pyridine rings is 1. The van der Waals surface area contributed by atoms with Crippen molar-refractivity contribution in [2.45, 2.75) is 44.3 Å². The van der Waals surface area contributed by atoms with Gasteiger partial charge in [0.25, 0.3) is 0 Å². The first-order chi connectivity index (χ1) is 16.5. The summed E-state index contributed by atoms with van der Waals surface area (Å²) in [5, 5.41) is 9.71. The van der Waals surface area contributed by atoms with E-state index in [1.807, 2.05) is 28.0 Å². The maximum absolute atomic E-state index is 14.3. The number of likely N-dealkylation sites (tertiary alicyclic amines) is 1. The summed E-state index contributed by atoms with van der Waals surface area (Å²) in [4.78, 5) is 20.8. The molecule has 0 spiro atoms. The highest BCUT2D eigenvalue weighted by Crippen LogP contribution is 2.40. The highest BCUT2D eigenvalue weighted by Gasteiger charge is 2.34. The van der Waals surface area contributed by atoms with E-state index in [2.05, 4.69) is 4.98 Å². The normalized spacial score (nSPS) is 24.4. The van der Waals surface area contributed by atoms with Gasteiger partial charge in [0, 0.05) is 31.0 Å². The fourth-order valence-corrected chi connectivity index (χ4v) is 5.05. The number of anilines is 2. The van der Waals surface area contributed by atoms with Crippen molar-refractivity contribution in [2.24, 2.45) is 5.92 Å². The fourth-order valence-electron chi connectivity index (χ4n) is 5.05. The molecule has 1 N–H and O–H groups in total. The fraction of sp³-hybridized carbons (Fsp3) is 0.520. The van der Waals surface area contributed by atoms with Gasteiger partial charge < -0.3 is 29.1 Å². The summed E-state index contributed by atoms with van der Waals surface area (Å²) in [6.45, 7) is 2.26. The topological polar surface area (TPSA) is 84.4 Å². The molecule has 34 heavy (non-hydrogen) atoms. The Bertz CT molecular complexity index is 1040. The van der Waals surface area contributed by atoms with Crippen LogP contribution in [0.3, 0.4) is 0 Å². The van der Waals surface area contributed by atoms with E-state index >= 15 is 0 Å². The molecule has 0 bridgehead atoms. The average Bonchev–Trinajstić information content (AvgIpc) is 3.32. The summed E-state index contributed by atoms with van der Waals surface area (Å²) in [6.07, 6.45) is 4.90. The number of rotatable bonds is 5. The molecule has 182 valence electrons. The summed E-state index contributed by atoms with van der Waals surface area (Å²) in [7, 11) is 1.38. The van der Waals surface area contributed by atoms with Crippen LogP contribution < -0.4 is 19.1 Å². The Morgan fingerprint density at radius 1 is 1.18 bits per heavy atom. The molecular weight excluding hydrogens is 441 g/mol. The number of hydrogen-bond donors (Lipinski definition) is 1. The lowest BCUT2D eigenvalue weighted by atomic mass is 9.86. The molecule has 2 aromatic rings. The summed E-state index contributed by atoms with van der Waals surface area (Å²) in [5.74, 6) is 0.990. The molecule has 1 aromatic carbocycles. The number of amides is 1. The van der Waals surface area contributed by atoms with Gasteiger partial charge in [-0.15, -0.1) is 0 Å². The Morgan fingerprint density at radius 3 is 2.76 bits per heavy atom. The van der Waals surface area contributed by atoms with Gasteiger partial charge in [0.15, 0.2) is 5.82 Å². The number of aliphatic hydroxyl groups is 1. The van der Waals surface area contributed by atoms with E-state index in [9.17, 15) is 14.3 Å². The third-order valence-corrected chi connectivity index (χ3v) is 6.90. The number of carbonyl (C=O) groups is 1. The molecule has 1 aromatic heterocycles. The Balaban J connectivity index is 1.27. The molecule has 1 saturated heterocycles. The van der Waals surface area contributed by atoms with E-state index in [0.717, 1.165) is 24.9 Å². The van der Waals surface area contributed by atoms with Crippen LogP contribution >= 0.6 is 0 Å². The standard InChI is InChI=1S/C25H30FN3O5/c1-32-24-21(26)12-17(14-27-24)29-10-11-33-23-7-6-19(13-22(23)29)34-20-8-9-28(15-20)25(31)16-2-4-18(30)5-3-16/h6-7,12-14,16,18,20,30H,2-5,8-11,15H2,1H3/t16?,18?,20-/m0/s1. The van der Waals surface area contributed by atoms with Crippen LogP contribution in [0, 0.1) is 11.7 Å². The van der Waals surface area contributed by atoms with Gasteiger partial charge in [-0.1, -0.05) is 0 Å². The minimum atomic E-state index is -0.524. The molecule has 9 heteroatoms. The zero-order valence-corrected chi connectivity index (χ0v) is 19.3. The number of fused-ring (bicyclic) bond motifs is 1. The SMILES string of the molecule is COc1ncc(N2CCOc3ccc(O[C@H]4CCN(C(=O)C5CCC(O)CC5)C4)cc32)cc1F. The number of nitrogens with zero attached hydrogens (tertiary/aromatic N) is 3. The van der Waals surface area contributed by atoms with Crippen LogP contribution in [0.4, 0.5) is 15.8 Å². The minimum absolute atomic E-state index is 0.00935. The summed E-state index contributed by atoms with van der Waals surface area (Å²) >= 11 is 0. The minimum Gasteiger partial charge on any atom is -0.490 e. The molecule has 1 aliphatic carbocycles. The molecule has 5 rings (SSSR count). The highest BCUT2D eigenvalue weighted by molar-refractivity contribution is 5.79. The number of benzene rings is 1. The maximum atomic E-state index is 14.3. The predicted molar refractivity (Wildman–Crippen MR) is 123 cm³/mol. The van der Waals surface area contributed by atoms with Crippen LogP contribution in [-0.2, 0) is 4.79 Å². The van der Waals surface area contributed by atoms with Gasteiger partial charge in [0.2, 0.25) is 11.8 Å². The quantitative estimate of drug-likeness (QED) is 0.716. The van der Waals surface area contributed by atoms with Crippen LogP contribution in [-0.4, -0.2) is 66.5 Å². The van der Waals surface area contributed by atoms with Crippen LogP contribution in [0.15, 0.2) is 30.5 Å². The third-order valence-electron chi connectivity index (χ3n) is 6.90. The van der Waals surface area contributed by atoms with Crippen LogP contribution in [0.2, 0.25) is 0 Å². The molecule has 0 unspecified atom stereocenters. The molecular formula is C25H30FN3O5. The first-order valence-corrected chi connectivity index (χ1v) is 11.9. The zero-order valence-electron chi connectivity index (χ0n) is 19.3. The van der Waals surface area contributed by atoms with Crippen molar-refractivity contribution in [3.05, 3.63) is 36.3 Å². The van der Waals surface area contributed by atoms with Crippen LogP contribution in [0.1, 0.15) is 32.1 Å². The van der Waals surface area contributed by atoms with Gasteiger partial charge in [-0.3, -0.25) is 4.79 Å². The molecule has 2 aliphatic heterocycles. The molecule has 3 heterocycles. The number of ether oxygens (including phenoxy) is 3. The van der Waals surface area contributed by atoms with E-state index < -0.39 is 5.82 Å². The number of halogens is 1. The lowest BCUT2D eigenvalue weighted by Gasteiger charge is -2.31. The Hall–Kier alpha value is -3.07. The third kappa shape index (κ3) is 4.61. The summed E-state index contributed by atoms with van der Waals surface area (Å²) in [6, 6.07) is 7.01. The Morgan fingerprint density at radius 2 is 2.00 bits per heavy atom. The Kier molecular flexibility index (Phi) is 6.45. The van der Waals surface area contributed by atoms with E-state index in [-0.39, 0.29) is 29.9 Å². The molecule has 2 fully saturated rings. The monoisotopic (exact) mass is 471 g/mol. The predicted octanol–water partition coefficient (Wildman–Crippen LogP) is 3.29. The molecule has 8 nitrogen and oxygen atoms in total. The molecule has 3 aliphatic rings. The zero-order chi connectivity index (χ0) is 23.7. The molecule has 0 radical (unpaired) electrons. The second-order valence-electron chi connectivity index (χ2n) is 9.13. The van der Waals surface area contributed by atoms with Crippen molar-refractivity contribution < 1.29 is 28.5 Å². The van der Waals surface area contributed by atoms with Crippen molar-refractivity contribution in [1.29, 1.82) is 0 Å². The van der Waals surface area contributed by atoms with E-state index in [1.54, 1.807) is 6.20 Å². The van der Waals surface area contributed by atoms with Crippen LogP contribution in [0.5, 0.6) is 17.4 Å². The van der Waals surface area contributed by atoms with Gasteiger partial charge in [0.05, 0.1) is 43.9 Å². The number of carbonyl (C=O) groups excluding carboxylic acids is 1. The first-order valence-electron chi connectivity index (χ1n) is 11.9. The highest BCUT2D eigenvalue weighted by atomic mass is 19.1. The second-order valence-corrected chi connectivity index (χ2v) is 9.13. The number of aliphatic hydroxyl groups excluding tert-OH is 1. The number of hydrogen-bond acceptors (Lipinski definition) is 7. The number of methoxy groups -OCH3 is 1. The summed E-state index contributed by atoms with van der Waals surface area (Å²) < 4.78 is 31.2. The van der Waals surface area contributed by atoms with Crippen LogP contribution in [0.25, 0.3) is 0 Å². The summed E-state index contributed by atoms with van der Waals surface area (Å²) in [5.41, 5.74) is 1.39. The van der Waals surface area contributed by atoms with E-state index in [4.69, 9.17) is 14.2 Å². The van der Waals surface area contributed by atoms with E-state index in [0.29, 0.717) is 56.3 Å². The van der Waals surface area contributed by atoms with Gasteiger partial charge in [-0.25, -0.2) is 9.37 Å². The van der Waals surface area contributed by atoms with Gasteiger partial charge in [-0.05, 0) is 37.8 Å². The molecule has 1 saturated carbocycles. The molecule has 1 amide bonds. The first kappa shape index (κ1) is 22.7. The smallest absolute Gasteiger partial charge is 0.250 e. The lowest BCUT2D eigenvalue weighted by Crippen LogP contribution is -2.37. The maximum Gasteiger partial charge on any atom is 0.250 e. The van der Waals surface area contributed by atoms with Gasteiger partial charge in [-0.2, -0.15) is 0 Å². The van der Waals surface area contributed by atoms with Crippen molar-refractivity contribution in [3.63, 3.8) is 0 Å². The second kappa shape index (κ2) is 9.66. The van der Waals surface area contributed by atoms with Crippen molar-refractivity contribution in [1.82, 2.24) is 9.88 Å². The molecule has 1 atom stereocenters. The van der Waals surface area contributed by atoms with Crippen molar-refractivity contribution in [3.8, 4) is 17.4 Å². The van der Waals surface area contributed by atoms with Gasteiger partial charge >= 0.3 is 0 Å². The van der Waals surface area contributed by atoms with Crippen molar-refractivity contribution in [2.75, 3.05) is 38.3 Å². The largest absolute Gasteiger partial charge is 0.490 e. The lowest BCUT2D eigenvalue weighted by molar-refractivity contribution is -0.136. The van der Waals surface area contributed by atoms with E-state index in [1.165, 1.54) is 13.2 Å². The average molecular weight is 472 g/mol. The number of aromatic nitrogens is 1. The van der Waals surface area contributed by atoms with Crippen molar-refractivity contribution >= 4 is 17.3 Å². The van der Waals surface area contributed by atoms with Gasteiger partial charge in [0.1, 0.15) is 24.2 Å².